The number of hydrogen-bond acceptors (Lipinski definition) is 5. The van der Waals surface area contributed by atoms with Crippen LogP contribution in [0.5, 0.6) is 0 Å². The van der Waals surface area contributed by atoms with E-state index in [9.17, 15) is 4.79 Å². The third-order valence-electron chi connectivity index (χ3n) is 4.64. The number of carbonyl (C=O) groups is 1. The molecule has 23 heavy (non-hydrogen) atoms. The molecule has 3 heterocycles. The van der Waals surface area contributed by atoms with Gasteiger partial charge in [0, 0.05) is 37.7 Å². The van der Waals surface area contributed by atoms with Crippen LogP contribution in [0.25, 0.3) is 0 Å². The molecule has 2 fully saturated rings. The Labute approximate surface area is 142 Å². The van der Waals surface area contributed by atoms with Crippen LogP contribution in [-0.4, -0.2) is 65.6 Å². The van der Waals surface area contributed by atoms with Crippen LogP contribution in [0.15, 0.2) is 22.8 Å². The smallest absolute Gasteiger partial charge is 0.240 e. The standard InChI is InChI=1S/C17H26N2O3S/c1-14(18-6-10-23-11-7-18)17(20)19(12-15-4-2-8-21-15)13-16-5-3-9-22-16/h2,4,8,14,16H,3,5-7,9-13H2,1H3/t14-,16+/m1/s1. The van der Waals surface area contributed by atoms with Crippen molar-refractivity contribution in [3.8, 4) is 0 Å². The normalized spacial score (nSPS) is 23.8. The molecule has 2 saturated heterocycles. The molecule has 0 N–H and O–H groups in total. The van der Waals surface area contributed by atoms with Gasteiger partial charge < -0.3 is 14.1 Å². The third-order valence-corrected chi connectivity index (χ3v) is 5.58. The summed E-state index contributed by atoms with van der Waals surface area (Å²) in [5.41, 5.74) is 0. The van der Waals surface area contributed by atoms with Gasteiger partial charge in [0.1, 0.15) is 5.76 Å². The molecule has 0 unspecified atom stereocenters. The van der Waals surface area contributed by atoms with Crippen LogP contribution in [0.1, 0.15) is 25.5 Å². The van der Waals surface area contributed by atoms with E-state index in [0.717, 1.165) is 49.8 Å². The molecule has 0 bridgehead atoms. The minimum Gasteiger partial charge on any atom is -0.467 e. The Bertz CT molecular complexity index is 482. The lowest BCUT2D eigenvalue weighted by Crippen LogP contribution is -2.50. The summed E-state index contributed by atoms with van der Waals surface area (Å²) in [6.45, 7) is 6.01. The summed E-state index contributed by atoms with van der Waals surface area (Å²) in [6.07, 6.45) is 3.95. The monoisotopic (exact) mass is 338 g/mol. The first-order valence-corrected chi connectivity index (χ1v) is 9.64. The van der Waals surface area contributed by atoms with E-state index in [2.05, 4.69) is 4.90 Å². The van der Waals surface area contributed by atoms with Crippen molar-refractivity contribution in [2.45, 2.75) is 38.5 Å². The molecule has 2 atom stereocenters. The first-order valence-electron chi connectivity index (χ1n) is 8.48. The Morgan fingerprint density at radius 3 is 2.96 bits per heavy atom. The molecular weight excluding hydrogens is 312 g/mol. The Morgan fingerprint density at radius 2 is 2.30 bits per heavy atom. The van der Waals surface area contributed by atoms with Crippen LogP contribution in [-0.2, 0) is 16.1 Å². The van der Waals surface area contributed by atoms with Gasteiger partial charge in [-0.15, -0.1) is 0 Å². The summed E-state index contributed by atoms with van der Waals surface area (Å²) in [7, 11) is 0. The van der Waals surface area contributed by atoms with E-state index in [1.165, 1.54) is 0 Å². The Morgan fingerprint density at radius 1 is 1.48 bits per heavy atom. The minimum atomic E-state index is -0.0766. The van der Waals surface area contributed by atoms with E-state index in [0.29, 0.717) is 13.1 Å². The van der Waals surface area contributed by atoms with Crippen molar-refractivity contribution in [2.75, 3.05) is 37.7 Å². The molecule has 0 aliphatic carbocycles. The molecule has 0 saturated carbocycles. The molecule has 0 radical (unpaired) electrons. The van der Waals surface area contributed by atoms with Crippen LogP contribution in [0.3, 0.4) is 0 Å². The average Bonchev–Trinajstić information content (AvgIpc) is 3.27. The van der Waals surface area contributed by atoms with Gasteiger partial charge in [-0.3, -0.25) is 9.69 Å². The van der Waals surface area contributed by atoms with E-state index in [-0.39, 0.29) is 18.1 Å². The number of ether oxygens (including phenoxy) is 1. The quantitative estimate of drug-likeness (QED) is 0.796. The van der Waals surface area contributed by atoms with Gasteiger partial charge in [-0.2, -0.15) is 11.8 Å². The van der Waals surface area contributed by atoms with Crippen molar-refractivity contribution in [1.82, 2.24) is 9.80 Å². The maximum absolute atomic E-state index is 13.0. The SMILES string of the molecule is C[C@H](C(=O)N(Cc1ccco1)C[C@@H]1CCCO1)N1CCSCC1. The average molecular weight is 338 g/mol. The molecular formula is C17H26N2O3S. The summed E-state index contributed by atoms with van der Waals surface area (Å²) < 4.78 is 11.2. The highest BCUT2D eigenvalue weighted by Crippen LogP contribution is 2.19. The van der Waals surface area contributed by atoms with Gasteiger partial charge in [-0.05, 0) is 31.9 Å². The fourth-order valence-corrected chi connectivity index (χ4v) is 4.17. The molecule has 2 aliphatic rings. The molecule has 5 nitrogen and oxygen atoms in total. The number of amides is 1. The van der Waals surface area contributed by atoms with Crippen LogP contribution < -0.4 is 0 Å². The lowest BCUT2D eigenvalue weighted by Gasteiger charge is -2.35. The van der Waals surface area contributed by atoms with Gasteiger partial charge in [0.2, 0.25) is 5.91 Å². The highest BCUT2D eigenvalue weighted by Gasteiger charge is 2.30. The zero-order valence-electron chi connectivity index (χ0n) is 13.8. The second kappa shape index (κ2) is 8.22. The van der Waals surface area contributed by atoms with Gasteiger partial charge in [0.15, 0.2) is 0 Å². The molecule has 0 aromatic carbocycles. The maximum atomic E-state index is 13.0. The van der Waals surface area contributed by atoms with Crippen molar-refractivity contribution >= 4 is 17.7 Å². The van der Waals surface area contributed by atoms with Gasteiger partial charge >= 0.3 is 0 Å². The van der Waals surface area contributed by atoms with Crippen molar-refractivity contribution in [3.63, 3.8) is 0 Å². The summed E-state index contributed by atoms with van der Waals surface area (Å²) >= 11 is 1.96. The maximum Gasteiger partial charge on any atom is 0.240 e. The highest BCUT2D eigenvalue weighted by atomic mass is 32.2. The third kappa shape index (κ3) is 4.52. The van der Waals surface area contributed by atoms with Gasteiger partial charge in [-0.1, -0.05) is 0 Å². The zero-order valence-corrected chi connectivity index (χ0v) is 14.6. The molecule has 6 heteroatoms. The number of thioether (sulfide) groups is 1. The number of rotatable bonds is 6. The van der Waals surface area contributed by atoms with E-state index in [1.54, 1.807) is 6.26 Å². The van der Waals surface area contributed by atoms with Crippen LogP contribution >= 0.6 is 11.8 Å². The van der Waals surface area contributed by atoms with Gasteiger partial charge in [0.05, 0.1) is 25.0 Å². The van der Waals surface area contributed by atoms with E-state index >= 15 is 0 Å². The molecule has 128 valence electrons. The van der Waals surface area contributed by atoms with E-state index in [1.807, 2.05) is 35.7 Å². The summed E-state index contributed by atoms with van der Waals surface area (Å²) in [6, 6.07) is 3.72. The molecule has 1 aromatic heterocycles. The predicted octanol–water partition coefficient (Wildman–Crippen LogP) is 2.22. The van der Waals surface area contributed by atoms with E-state index < -0.39 is 0 Å². The van der Waals surface area contributed by atoms with E-state index in [4.69, 9.17) is 9.15 Å². The Hall–Kier alpha value is -0.980. The lowest BCUT2D eigenvalue weighted by atomic mass is 10.2. The Kier molecular flexibility index (Phi) is 6.02. The fourth-order valence-electron chi connectivity index (χ4n) is 3.24. The summed E-state index contributed by atoms with van der Waals surface area (Å²) in [5.74, 6) is 3.24. The Balaban J connectivity index is 1.65. The molecule has 2 aliphatic heterocycles. The lowest BCUT2D eigenvalue weighted by molar-refractivity contribution is -0.138. The van der Waals surface area contributed by atoms with Crippen molar-refractivity contribution < 1.29 is 13.9 Å². The highest BCUT2D eigenvalue weighted by molar-refractivity contribution is 7.99. The largest absolute Gasteiger partial charge is 0.467 e. The molecule has 1 amide bonds. The predicted molar refractivity (Wildman–Crippen MR) is 91.5 cm³/mol. The number of nitrogens with zero attached hydrogens (tertiary/aromatic N) is 2. The number of hydrogen-bond donors (Lipinski definition) is 0. The number of furan rings is 1. The first-order chi connectivity index (χ1) is 11.2. The first kappa shape index (κ1) is 16.9. The summed E-state index contributed by atoms with van der Waals surface area (Å²) in [4.78, 5) is 17.2. The topological polar surface area (TPSA) is 45.9 Å². The van der Waals surface area contributed by atoms with Crippen molar-refractivity contribution in [3.05, 3.63) is 24.2 Å². The molecule has 0 spiro atoms. The van der Waals surface area contributed by atoms with Gasteiger partial charge in [-0.25, -0.2) is 0 Å². The second-order valence-electron chi connectivity index (χ2n) is 6.26. The van der Waals surface area contributed by atoms with Crippen molar-refractivity contribution in [2.24, 2.45) is 0 Å². The second-order valence-corrected chi connectivity index (χ2v) is 7.48. The van der Waals surface area contributed by atoms with Crippen LogP contribution in [0, 0.1) is 0 Å². The number of carbonyl (C=O) groups excluding carboxylic acids is 1. The van der Waals surface area contributed by atoms with Crippen LogP contribution in [0.4, 0.5) is 0 Å². The zero-order chi connectivity index (χ0) is 16.1. The van der Waals surface area contributed by atoms with Crippen LogP contribution in [0.2, 0.25) is 0 Å². The molecule has 3 rings (SSSR count). The van der Waals surface area contributed by atoms with Crippen molar-refractivity contribution in [1.29, 1.82) is 0 Å². The summed E-state index contributed by atoms with van der Waals surface area (Å²) in [5, 5.41) is 0. The molecule has 1 aromatic rings. The van der Waals surface area contributed by atoms with Gasteiger partial charge in [0.25, 0.3) is 0 Å². The minimum absolute atomic E-state index is 0.0766. The fraction of sp³-hybridized carbons (Fsp3) is 0.706.